The standard InChI is InChI=1S/C53H64N6O7/c1-5-6-8-36-10-13-38(14-11-36)39-15-17-40(18-16-39)46(60)32-42(9-7-22-54)53(64)59(4)51-41-19-21-50(66-26-24-56)44(31-41)43-29-37(12-20-49(43)65-25-23-55)30-45(47(61)27-34(2)33-57)58-52(63)35(3)28-48(51)62/h10-21,29,31,35,42,45,51H,2,5-9,22-28,30,32,54-56H2,1,3-4H3,(H,58,63)/t35-,42-,45+,51+/m1/s1. The minimum atomic E-state index is -1.21. The van der Waals surface area contributed by atoms with Crippen molar-refractivity contribution in [1.29, 1.82) is 5.26 Å². The Labute approximate surface area is 388 Å². The first-order valence-electron chi connectivity index (χ1n) is 22.9. The molecular formula is C53H64N6O7. The number of benzene rings is 4. The topological polar surface area (TPSA) is 221 Å². The van der Waals surface area contributed by atoms with Gasteiger partial charge in [-0.25, -0.2) is 0 Å². The Morgan fingerprint density at radius 2 is 1.47 bits per heavy atom. The predicted octanol–water partition coefficient (Wildman–Crippen LogP) is 6.84. The van der Waals surface area contributed by atoms with Crippen LogP contribution in [-0.4, -0.2) is 80.0 Å². The van der Waals surface area contributed by atoms with E-state index in [1.807, 2.05) is 24.3 Å². The van der Waals surface area contributed by atoms with Crippen LogP contribution in [0.25, 0.3) is 22.3 Å². The number of likely N-dealkylation sites (N-methyl/N-ethyl adjacent to an activating group) is 1. The molecule has 4 aromatic carbocycles. The van der Waals surface area contributed by atoms with Crippen molar-refractivity contribution in [2.24, 2.45) is 29.0 Å². The molecule has 0 saturated heterocycles. The minimum absolute atomic E-state index is 0.0423. The lowest BCUT2D eigenvalue weighted by Crippen LogP contribution is -2.46. The van der Waals surface area contributed by atoms with E-state index in [1.54, 1.807) is 49.4 Å². The first-order valence-corrected chi connectivity index (χ1v) is 22.9. The van der Waals surface area contributed by atoms with Crippen molar-refractivity contribution >= 4 is 29.2 Å². The fourth-order valence-electron chi connectivity index (χ4n) is 8.26. The van der Waals surface area contributed by atoms with E-state index in [4.69, 9.17) is 26.7 Å². The molecule has 0 aliphatic carbocycles. The number of nitrogens with one attached hydrogen (secondary N) is 1. The van der Waals surface area contributed by atoms with Crippen LogP contribution >= 0.6 is 0 Å². The van der Waals surface area contributed by atoms with Gasteiger partial charge in [0.1, 0.15) is 30.8 Å². The molecule has 7 N–H and O–H groups in total. The molecule has 0 spiro atoms. The average molecular weight is 897 g/mol. The summed E-state index contributed by atoms with van der Waals surface area (Å²) in [6.45, 7) is 8.49. The summed E-state index contributed by atoms with van der Waals surface area (Å²) in [6, 6.07) is 25.9. The maximum atomic E-state index is 14.8. The van der Waals surface area contributed by atoms with Crippen molar-refractivity contribution in [2.75, 3.05) is 39.9 Å². The van der Waals surface area contributed by atoms with Crippen molar-refractivity contribution in [3.05, 3.63) is 119 Å². The fraction of sp³-hybridized carbons (Fsp3) is 0.396. The molecule has 4 atom stereocenters. The van der Waals surface area contributed by atoms with Crippen LogP contribution < -0.4 is 32.0 Å². The summed E-state index contributed by atoms with van der Waals surface area (Å²) in [6.07, 6.45) is 3.42. The third kappa shape index (κ3) is 13.3. The predicted molar refractivity (Wildman–Crippen MR) is 257 cm³/mol. The van der Waals surface area contributed by atoms with Crippen LogP contribution in [0.5, 0.6) is 11.5 Å². The van der Waals surface area contributed by atoms with Gasteiger partial charge in [-0.2, -0.15) is 5.26 Å². The van der Waals surface area contributed by atoms with Crippen LogP contribution in [0.15, 0.2) is 97.1 Å². The molecule has 13 nitrogen and oxygen atoms in total. The number of nitriles is 1. The highest BCUT2D eigenvalue weighted by Gasteiger charge is 2.36. The normalized spacial score (nSPS) is 16.5. The highest BCUT2D eigenvalue weighted by molar-refractivity contribution is 6.00. The van der Waals surface area contributed by atoms with E-state index in [0.29, 0.717) is 52.2 Å². The van der Waals surface area contributed by atoms with Crippen molar-refractivity contribution in [3.63, 3.8) is 0 Å². The number of rotatable bonds is 21. The fourth-order valence-corrected chi connectivity index (χ4v) is 8.26. The molecule has 5 rings (SSSR count). The molecule has 1 aliphatic heterocycles. The zero-order valence-corrected chi connectivity index (χ0v) is 38.5. The molecule has 1 aliphatic rings. The molecule has 1 heterocycles. The Balaban J connectivity index is 1.55. The van der Waals surface area contributed by atoms with Crippen LogP contribution in [0.2, 0.25) is 0 Å². The summed E-state index contributed by atoms with van der Waals surface area (Å²) in [4.78, 5) is 72.4. The molecule has 0 aromatic heterocycles. The molecular weight excluding hydrogens is 833 g/mol. The number of carbonyl (C=O) groups is 5. The van der Waals surface area contributed by atoms with Gasteiger partial charge in [0.2, 0.25) is 11.8 Å². The monoisotopic (exact) mass is 896 g/mol. The first-order chi connectivity index (χ1) is 31.8. The second-order valence-corrected chi connectivity index (χ2v) is 17.0. The Bertz CT molecular complexity index is 2390. The molecule has 66 heavy (non-hydrogen) atoms. The zero-order chi connectivity index (χ0) is 47.8. The van der Waals surface area contributed by atoms with Crippen molar-refractivity contribution in [1.82, 2.24) is 10.2 Å². The van der Waals surface area contributed by atoms with Gasteiger partial charge in [0.25, 0.3) is 0 Å². The van der Waals surface area contributed by atoms with E-state index in [0.717, 1.165) is 30.4 Å². The number of hydrogen-bond acceptors (Lipinski definition) is 11. The van der Waals surface area contributed by atoms with Gasteiger partial charge in [0, 0.05) is 73.5 Å². The van der Waals surface area contributed by atoms with Gasteiger partial charge < -0.3 is 36.9 Å². The maximum Gasteiger partial charge on any atom is 0.226 e. The van der Waals surface area contributed by atoms with Crippen LogP contribution in [0.1, 0.15) is 91.9 Å². The lowest BCUT2D eigenvalue weighted by molar-refractivity contribution is -0.142. The molecule has 0 radical (unpaired) electrons. The molecule has 13 heteroatoms. The highest BCUT2D eigenvalue weighted by atomic mass is 16.5. The number of nitrogens with two attached hydrogens (primary N) is 3. The highest BCUT2D eigenvalue weighted by Crippen LogP contribution is 2.41. The summed E-state index contributed by atoms with van der Waals surface area (Å²) < 4.78 is 12.3. The number of unbranched alkanes of at least 4 members (excludes halogenated alkanes) is 1. The first kappa shape index (κ1) is 50.5. The minimum Gasteiger partial charge on any atom is -0.492 e. The van der Waals surface area contributed by atoms with Crippen LogP contribution in [0.4, 0.5) is 0 Å². The molecule has 0 fully saturated rings. The van der Waals surface area contributed by atoms with Crippen LogP contribution in [-0.2, 0) is 32.0 Å². The lowest BCUT2D eigenvalue weighted by Gasteiger charge is -2.32. The number of hydrogen-bond donors (Lipinski definition) is 4. The van der Waals surface area contributed by atoms with Gasteiger partial charge >= 0.3 is 0 Å². The van der Waals surface area contributed by atoms with E-state index < -0.39 is 47.3 Å². The van der Waals surface area contributed by atoms with Gasteiger partial charge in [-0.05, 0) is 90.7 Å². The Hall–Kier alpha value is -6.46. The molecule has 4 aromatic rings. The van der Waals surface area contributed by atoms with Gasteiger partial charge in [-0.15, -0.1) is 0 Å². The van der Waals surface area contributed by atoms with Gasteiger partial charge in [0.05, 0.1) is 12.1 Å². The van der Waals surface area contributed by atoms with Crippen LogP contribution in [0.3, 0.4) is 0 Å². The number of allylic oxidation sites excluding steroid dienone is 1. The van der Waals surface area contributed by atoms with Gasteiger partial charge in [0.15, 0.2) is 17.3 Å². The average Bonchev–Trinajstić information content (AvgIpc) is 3.32. The third-order valence-corrected chi connectivity index (χ3v) is 11.9. The number of ketones is 3. The Morgan fingerprint density at radius 1 is 0.848 bits per heavy atom. The summed E-state index contributed by atoms with van der Waals surface area (Å²) in [5.41, 5.74) is 23.6. The molecule has 0 unspecified atom stereocenters. The summed E-state index contributed by atoms with van der Waals surface area (Å²) >= 11 is 0. The second-order valence-electron chi connectivity index (χ2n) is 17.0. The van der Waals surface area contributed by atoms with E-state index in [1.165, 1.54) is 17.5 Å². The van der Waals surface area contributed by atoms with E-state index in [-0.39, 0.29) is 69.9 Å². The Kier molecular flexibility index (Phi) is 18.9. The number of carbonyl (C=O) groups excluding carboxylic acids is 5. The number of aryl methyl sites for hydroxylation is 1. The number of Topliss-reactive ketones (excluding diaryl/α,β-unsaturated/α-hetero) is 3. The van der Waals surface area contributed by atoms with Crippen molar-refractivity contribution in [2.45, 2.75) is 83.7 Å². The zero-order valence-electron chi connectivity index (χ0n) is 38.5. The number of ether oxygens (including phenoxy) is 2. The maximum absolute atomic E-state index is 14.8. The number of fused-ring (bicyclic) bond motifs is 5. The van der Waals surface area contributed by atoms with E-state index >= 15 is 0 Å². The summed E-state index contributed by atoms with van der Waals surface area (Å²) in [7, 11) is 1.53. The largest absolute Gasteiger partial charge is 0.492 e. The SMILES string of the molecule is C=C(C#N)CC(=O)[C@@H]1Cc2ccc(OCCN)c(c2)-c2cc(ccc2OCCN)[C@H](N(C)C(=O)[C@H](CCCN)CC(=O)c2ccc(-c3ccc(CCCC)cc3)cc2)C(=O)C[C@@H](C)C(=O)N1. The Morgan fingerprint density at radius 3 is 2.08 bits per heavy atom. The molecule has 0 saturated carbocycles. The third-order valence-electron chi connectivity index (χ3n) is 11.9. The van der Waals surface area contributed by atoms with Gasteiger partial charge in [-0.3, -0.25) is 24.0 Å². The van der Waals surface area contributed by atoms with Crippen LogP contribution in [0, 0.1) is 23.2 Å². The smallest absolute Gasteiger partial charge is 0.226 e. The second kappa shape index (κ2) is 24.7. The van der Waals surface area contributed by atoms with Crippen molar-refractivity contribution < 1.29 is 33.4 Å². The number of amides is 2. The van der Waals surface area contributed by atoms with Gasteiger partial charge in [-0.1, -0.05) is 87.5 Å². The quantitative estimate of drug-likeness (QED) is 0.0501. The summed E-state index contributed by atoms with van der Waals surface area (Å²) in [5, 5.41) is 12.2. The van der Waals surface area contributed by atoms with E-state index in [2.05, 4.69) is 43.1 Å². The summed E-state index contributed by atoms with van der Waals surface area (Å²) in [5.74, 6) is -2.97. The molecule has 2 amide bonds. The lowest BCUT2D eigenvalue weighted by atomic mass is 9.87. The van der Waals surface area contributed by atoms with E-state index in [9.17, 15) is 29.2 Å². The van der Waals surface area contributed by atoms with Crippen molar-refractivity contribution in [3.8, 4) is 39.8 Å². The molecule has 348 valence electrons. The number of nitrogens with zero attached hydrogens (tertiary/aromatic N) is 2. The molecule has 4 bridgehead atoms.